The van der Waals surface area contributed by atoms with Crippen LogP contribution in [0.1, 0.15) is 15.9 Å². The number of anilines is 1. The standard InChI is InChI=1S/C21H23N3O3/c1-3-16-6-4-5-7-18(16)19-14-17(21(25)26-2)15-20(23-19)22-8-9-24-10-12-27-13-11-24/h1,4-7,14-15H,8-13H2,2H3,(H,22,23). The Balaban J connectivity index is 1.82. The number of ether oxygens (including phenoxy) is 2. The zero-order valence-electron chi connectivity index (χ0n) is 15.4. The Bertz CT molecular complexity index is 839. The third kappa shape index (κ3) is 4.85. The minimum atomic E-state index is -0.409. The van der Waals surface area contributed by atoms with Crippen LogP contribution in [0.5, 0.6) is 0 Å². The number of rotatable bonds is 6. The molecule has 1 aromatic carbocycles. The van der Waals surface area contributed by atoms with Gasteiger partial charge in [-0.25, -0.2) is 9.78 Å². The molecule has 6 nitrogen and oxygen atoms in total. The molecule has 1 aliphatic rings. The smallest absolute Gasteiger partial charge is 0.338 e. The first-order valence-corrected chi connectivity index (χ1v) is 8.91. The van der Waals surface area contributed by atoms with Gasteiger partial charge in [-0.3, -0.25) is 4.90 Å². The lowest BCUT2D eigenvalue weighted by Gasteiger charge is -2.26. The molecule has 1 N–H and O–H groups in total. The molecule has 2 aromatic rings. The van der Waals surface area contributed by atoms with E-state index in [2.05, 4.69) is 21.1 Å². The molecule has 0 unspecified atom stereocenters. The summed E-state index contributed by atoms with van der Waals surface area (Å²) in [6.07, 6.45) is 5.61. The molecule has 1 aliphatic heterocycles. The first kappa shape index (κ1) is 18.9. The first-order valence-electron chi connectivity index (χ1n) is 8.91. The lowest BCUT2D eigenvalue weighted by molar-refractivity contribution is 0.0398. The molecule has 0 amide bonds. The molecule has 140 valence electrons. The zero-order chi connectivity index (χ0) is 19.1. The Hall–Kier alpha value is -2.88. The molecule has 3 rings (SSSR count). The van der Waals surface area contributed by atoms with Gasteiger partial charge in [0.15, 0.2) is 0 Å². The zero-order valence-corrected chi connectivity index (χ0v) is 15.4. The number of benzene rings is 1. The van der Waals surface area contributed by atoms with Crippen LogP contribution in [0.4, 0.5) is 5.82 Å². The Morgan fingerprint density at radius 3 is 2.85 bits per heavy atom. The molecule has 6 heteroatoms. The number of hydrogen-bond acceptors (Lipinski definition) is 6. The summed E-state index contributed by atoms with van der Waals surface area (Å²) in [5.41, 5.74) is 2.61. The van der Waals surface area contributed by atoms with Gasteiger partial charge in [0.2, 0.25) is 0 Å². The van der Waals surface area contributed by atoms with Crippen molar-refractivity contribution in [1.82, 2.24) is 9.88 Å². The van der Waals surface area contributed by atoms with Crippen LogP contribution in [0, 0.1) is 12.3 Å². The van der Waals surface area contributed by atoms with Crippen molar-refractivity contribution in [2.75, 3.05) is 51.8 Å². The van der Waals surface area contributed by atoms with E-state index >= 15 is 0 Å². The molecule has 0 saturated carbocycles. The maximum absolute atomic E-state index is 12.1. The Morgan fingerprint density at radius 1 is 1.33 bits per heavy atom. The van der Waals surface area contributed by atoms with Crippen molar-refractivity contribution in [3.8, 4) is 23.6 Å². The van der Waals surface area contributed by atoms with Crippen molar-refractivity contribution >= 4 is 11.8 Å². The van der Waals surface area contributed by atoms with E-state index in [0.717, 1.165) is 44.0 Å². The molecule has 1 saturated heterocycles. The van der Waals surface area contributed by atoms with E-state index in [4.69, 9.17) is 15.9 Å². The SMILES string of the molecule is C#Cc1ccccc1-c1cc(C(=O)OC)cc(NCCN2CCOCC2)n1. The first-order chi connectivity index (χ1) is 13.2. The number of nitrogens with zero attached hydrogens (tertiary/aromatic N) is 2. The molecule has 1 aromatic heterocycles. The third-order valence-corrected chi connectivity index (χ3v) is 4.44. The maximum atomic E-state index is 12.1. The number of terminal acetylenes is 1. The van der Waals surface area contributed by atoms with E-state index in [9.17, 15) is 4.79 Å². The van der Waals surface area contributed by atoms with Gasteiger partial charge in [-0.1, -0.05) is 24.1 Å². The van der Waals surface area contributed by atoms with Gasteiger partial charge in [0.25, 0.3) is 0 Å². The van der Waals surface area contributed by atoms with E-state index in [1.807, 2.05) is 24.3 Å². The molecule has 2 heterocycles. The highest BCUT2D eigenvalue weighted by Crippen LogP contribution is 2.24. The van der Waals surface area contributed by atoms with Crippen molar-refractivity contribution in [3.63, 3.8) is 0 Å². The molecule has 27 heavy (non-hydrogen) atoms. The summed E-state index contributed by atoms with van der Waals surface area (Å²) < 4.78 is 10.2. The lowest BCUT2D eigenvalue weighted by Crippen LogP contribution is -2.39. The largest absolute Gasteiger partial charge is 0.465 e. The number of aromatic nitrogens is 1. The minimum Gasteiger partial charge on any atom is -0.465 e. The van der Waals surface area contributed by atoms with Crippen molar-refractivity contribution < 1.29 is 14.3 Å². The van der Waals surface area contributed by atoms with Crippen LogP contribution in [0.25, 0.3) is 11.3 Å². The Labute approximate surface area is 159 Å². The van der Waals surface area contributed by atoms with Gasteiger partial charge in [-0.2, -0.15) is 0 Å². The van der Waals surface area contributed by atoms with Crippen molar-refractivity contribution in [2.24, 2.45) is 0 Å². The summed E-state index contributed by atoms with van der Waals surface area (Å²) in [5, 5.41) is 3.31. The normalized spacial score (nSPS) is 14.4. The van der Waals surface area contributed by atoms with Crippen LogP contribution < -0.4 is 5.32 Å². The Morgan fingerprint density at radius 2 is 2.11 bits per heavy atom. The van der Waals surface area contributed by atoms with Gasteiger partial charge in [0.05, 0.1) is 31.6 Å². The van der Waals surface area contributed by atoms with E-state index < -0.39 is 5.97 Å². The number of esters is 1. The number of morpholine rings is 1. The number of methoxy groups -OCH3 is 1. The van der Waals surface area contributed by atoms with Crippen LogP contribution in [0.2, 0.25) is 0 Å². The molecular formula is C21H23N3O3. The van der Waals surface area contributed by atoms with Crippen LogP contribution in [-0.4, -0.2) is 62.4 Å². The van der Waals surface area contributed by atoms with Gasteiger partial charge in [0.1, 0.15) is 5.82 Å². The number of carbonyl (C=O) groups is 1. The number of carbonyl (C=O) groups excluding carboxylic acids is 1. The van der Waals surface area contributed by atoms with Crippen LogP contribution in [0.15, 0.2) is 36.4 Å². The molecule has 0 radical (unpaired) electrons. The van der Waals surface area contributed by atoms with Crippen LogP contribution in [0.3, 0.4) is 0 Å². The summed E-state index contributed by atoms with van der Waals surface area (Å²) in [6, 6.07) is 10.9. The Kier molecular flexibility index (Phi) is 6.42. The fourth-order valence-electron chi connectivity index (χ4n) is 2.99. The maximum Gasteiger partial charge on any atom is 0.338 e. The second-order valence-electron chi connectivity index (χ2n) is 6.19. The summed E-state index contributed by atoms with van der Waals surface area (Å²) >= 11 is 0. The fraction of sp³-hybridized carbons (Fsp3) is 0.333. The molecule has 0 atom stereocenters. The minimum absolute atomic E-state index is 0.409. The van der Waals surface area contributed by atoms with E-state index in [1.165, 1.54) is 7.11 Å². The van der Waals surface area contributed by atoms with Crippen LogP contribution in [-0.2, 0) is 9.47 Å². The third-order valence-electron chi connectivity index (χ3n) is 4.44. The second kappa shape index (κ2) is 9.17. The summed E-state index contributed by atoms with van der Waals surface area (Å²) in [7, 11) is 1.36. The quantitative estimate of drug-likeness (QED) is 0.626. The highest BCUT2D eigenvalue weighted by molar-refractivity contribution is 5.91. The highest BCUT2D eigenvalue weighted by Gasteiger charge is 2.14. The van der Waals surface area contributed by atoms with E-state index in [-0.39, 0.29) is 0 Å². The van der Waals surface area contributed by atoms with E-state index in [1.54, 1.807) is 12.1 Å². The molecule has 0 bridgehead atoms. The molecule has 1 fully saturated rings. The predicted molar refractivity (Wildman–Crippen MR) is 105 cm³/mol. The monoisotopic (exact) mass is 365 g/mol. The van der Waals surface area contributed by atoms with Crippen molar-refractivity contribution in [2.45, 2.75) is 0 Å². The molecule has 0 spiro atoms. The van der Waals surface area contributed by atoms with Gasteiger partial charge >= 0.3 is 5.97 Å². The van der Waals surface area contributed by atoms with Crippen molar-refractivity contribution in [3.05, 3.63) is 47.5 Å². The van der Waals surface area contributed by atoms with Gasteiger partial charge in [-0.05, 0) is 18.2 Å². The van der Waals surface area contributed by atoms with E-state index in [0.29, 0.717) is 23.6 Å². The van der Waals surface area contributed by atoms with Crippen molar-refractivity contribution in [1.29, 1.82) is 0 Å². The number of pyridine rings is 1. The lowest BCUT2D eigenvalue weighted by atomic mass is 10.0. The molecular weight excluding hydrogens is 342 g/mol. The predicted octanol–water partition coefficient (Wildman–Crippen LogP) is 2.26. The number of hydrogen-bond donors (Lipinski definition) is 1. The topological polar surface area (TPSA) is 63.7 Å². The average Bonchev–Trinajstić information content (AvgIpc) is 2.73. The van der Waals surface area contributed by atoms with Crippen LogP contribution >= 0.6 is 0 Å². The summed E-state index contributed by atoms with van der Waals surface area (Å²) in [6.45, 7) is 4.99. The van der Waals surface area contributed by atoms with Gasteiger partial charge in [-0.15, -0.1) is 6.42 Å². The average molecular weight is 365 g/mol. The highest BCUT2D eigenvalue weighted by atomic mass is 16.5. The number of nitrogens with one attached hydrogen (secondary N) is 1. The van der Waals surface area contributed by atoms with Gasteiger partial charge < -0.3 is 14.8 Å². The fourth-order valence-corrected chi connectivity index (χ4v) is 2.99. The summed E-state index contributed by atoms with van der Waals surface area (Å²) in [5.74, 6) is 2.88. The van der Waals surface area contributed by atoms with Gasteiger partial charge in [0, 0.05) is 37.3 Å². The summed E-state index contributed by atoms with van der Waals surface area (Å²) in [4.78, 5) is 19.1. The second-order valence-corrected chi connectivity index (χ2v) is 6.19. The molecule has 0 aliphatic carbocycles.